The Morgan fingerprint density at radius 3 is 2.35 bits per heavy atom. The van der Waals surface area contributed by atoms with E-state index in [2.05, 4.69) is 48.4 Å². The molecular weight excluding hydrogens is 462 g/mol. The second-order valence-electron chi connectivity index (χ2n) is 10.6. The van der Waals surface area contributed by atoms with Gasteiger partial charge in [0.2, 0.25) is 5.60 Å². The quantitative estimate of drug-likeness (QED) is 0.422. The number of aliphatic hydroxyl groups is 1. The van der Waals surface area contributed by atoms with Crippen molar-refractivity contribution in [2.45, 2.75) is 43.4 Å². The number of fused-ring (bicyclic) bond motifs is 4. The highest BCUT2D eigenvalue weighted by molar-refractivity contribution is 5.88. The zero-order valence-electron chi connectivity index (χ0n) is 21.1. The van der Waals surface area contributed by atoms with Crippen LogP contribution < -0.4 is 4.74 Å². The predicted molar refractivity (Wildman–Crippen MR) is 143 cm³/mol. The molecule has 0 radical (unpaired) electrons. The summed E-state index contributed by atoms with van der Waals surface area (Å²) in [6.07, 6.45) is 8.33. The SMILES string of the molecule is CN(CC/C=C/c1ccccc1)[C@@H]1CC2CCC1C2OC(=O)C1(O)c2ccccc2Oc2ccccc21. The van der Waals surface area contributed by atoms with Gasteiger partial charge in [-0.05, 0) is 56.3 Å². The van der Waals surface area contributed by atoms with Gasteiger partial charge in [-0.3, -0.25) is 0 Å². The highest BCUT2D eigenvalue weighted by Gasteiger charge is 2.55. The number of ether oxygens (including phenoxy) is 2. The summed E-state index contributed by atoms with van der Waals surface area (Å²) in [6, 6.07) is 25.1. The summed E-state index contributed by atoms with van der Waals surface area (Å²) in [5.74, 6) is 0.972. The van der Waals surface area contributed by atoms with Crippen LogP contribution in [0.4, 0.5) is 0 Å². The van der Waals surface area contributed by atoms with Gasteiger partial charge >= 0.3 is 5.97 Å². The van der Waals surface area contributed by atoms with Crippen molar-refractivity contribution < 1.29 is 19.4 Å². The van der Waals surface area contributed by atoms with Crippen molar-refractivity contribution in [3.05, 3.63) is 102 Å². The molecule has 37 heavy (non-hydrogen) atoms. The fraction of sp³-hybridized carbons (Fsp3) is 0.344. The third-order valence-electron chi connectivity index (χ3n) is 8.43. The molecule has 2 aliphatic carbocycles. The van der Waals surface area contributed by atoms with Crippen LogP contribution in [-0.4, -0.2) is 41.7 Å². The van der Waals surface area contributed by atoms with Gasteiger partial charge < -0.3 is 19.5 Å². The Hall–Kier alpha value is -3.41. The zero-order valence-corrected chi connectivity index (χ0v) is 21.1. The fourth-order valence-electron chi connectivity index (χ4n) is 6.55. The first kappa shape index (κ1) is 24.0. The minimum Gasteiger partial charge on any atom is -0.459 e. The van der Waals surface area contributed by atoms with Crippen molar-refractivity contribution in [1.29, 1.82) is 0 Å². The maximum atomic E-state index is 13.8. The van der Waals surface area contributed by atoms with Crippen LogP contribution in [0.1, 0.15) is 42.4 Å². The largest absolute Gasteiger partial charge is 0.459 e. The molecule has 2 fully saturated rings. The average Bonchev–Trinajstić information content (AvgIpc) is 3.48. The van der Waals surface area contributed by atoms with Crippen molar-refractivity contribution in [3.63, 3.8) is 0 Å². The number of esters is 1. The van der Waals surface area contributed by atoms with E-state index in [-0.39, 0.29) is 12.0 Å². The van der Waals surface area contributed by atoms with Crippen LogP contribution in [-0.2, 0) is 15.1 Å². The van der Waals surface area contributed by atoms with Crippen molar-refractivity contribution >= 4 is 12.0 Å². The summed E-state index contributed by atoms with van der Waals surface area (Å²) in [4.78, 5) is 16.2. The van der Waals surface area contributed by atoms with E-state index < -0.39 is 11.6 Å². The van der Waals surface area contributed by atoms with Crippen molar-refractivity contribution in [2.24, 2.45) is 11.8 Å². The second kappa shape index (κ2) is 9.81. The fourth-order valence-corrected chi connectivity index (χ4v) is 6.55. The van der Waals surface area contributed by atoms with Crippen LogP contribution in [0.25, 0.3) is 6.08 Å². The van der Waals surface area contributed by atoms with Gasteiger partial charge in [-0.1, -0.05) is 78.9 Å². The number of para-hydroxylation sites is 2. The highest BCUT2D eigenvalue weighted by atomic mass is 16.6. The van der Waals surface area contributed by atoms with Gasteiger partial charge in [0.25, 0.3) is 0 Å². The molecule has 3 aromatic carbocycles. The topological polar surface area (TPSA) is 59.0 Å². The van der Waals surface area contributed by atoms with Crippen molar-refractivity contribution in [2.75, 3.05) is 13.6 Å². The normalized spacial score (nSPS) is 25.1. The lowest BCUT2D eigenvalue weighted by Crippen LogP contribution is -2.44. The first-order chi connectivity index (χ1) is 18.1. The Balaban J connectivity index is 1.16. The molecular formula is C32H33NO4. The molecule has 0 saturated heterocycles. The highest BCUT2D eigenvalue weighted by Crippen LogP contribution is 2.51. The lowest BCUT2D eigenvalue weighted by atomic mass is 9.83. The molecule has 0 spiro atoms. The number of rotatable bonds is 7. The molecule has 3 aromatic rings. The third kappa shape index (κ3) is 4.26. The van der Waals surface area contributed by atoms with E-state index in [9.17, 15) is 9.90 Å². The van der Waals surface area contributed by atoms with E-state index in [4.69, 9.17) is 9.47 Å². The number of hydrogen-bond donors (Lipinski definition) is 1. The molecule has 4 atom stereocenters. The van der Waals surface area contributed by atoms with Gasteiger partial charge in [0, 0.05) is 29.6 Å². The van der Waals surface area contributed by atoms with E-state index in [1.165, 1.54) is 5.56 Å². The number of benzene rings is 3. The Morgan fingerprint density at radius 1 is 1.00 bits per heavy atom. The number of carbonyl (C=O) groups is 1. The van der Waals surface area contributed by atoms with Crippen molar-refractivity contribution in [1.82, 2.24) is 4.90 Å². The lowest BCUT2D eigenvalue weighted by molar-refractivity contribution is -0.171. The minimum atomic E-state index is -1.89. The van der Waals surface area contributed by atoms with Crippen molar-refractivity contribution in [3.8, 4) is 11.5 Å². The van der Waals surface area contributed by atoms with E-state index >= 15 is 0 Å². The van der Waals surface area contributed by atoms with Crippen LogP contribution in [0.2, 0.25) is 0 Å². The summed E-state index contributed by atoms with van der Waals surface area (Å²) in [6.45, 7) is 0.958. The Kier molecular flexibility index (Phi) is 6.35. The van der Waals surface area contributed by atoms with E-state index in [1.54, 1.807) is 24.3 Å². The lowest BCUT2D eigenvalue weighted by Gasteiger charge is -2.35. The molecule has 1 N–H and O–H groups in total. The molecule has 2 bridgehead atoms. The van der Waals surface area contributed by atoms with E-state index in [0.717, 1.165) is 32.2 Å². The molecule has 1 aliphatic heterocycles. The summed E-state index contributed by atoms with van der Waals surface area (Å²) >= 11 is 0. The molecule has 2 saturated carbocycles. The molecule has 190 valence electrons. The minimum absolute atomic E-state index is 0.175. The number of carbonyl (C=O) groups excluding carboxylic acids is 1. The number of nitrogens with zero attached hydrogens (tertiary/aromatic N) is 1. The monoisotopic (exact) mass is 495 g/mol. The summed E-state index contributed by atoms with van der Waals surface area (Å²) < 4.78 is 12.2. The zero-order chi connectivity index (χ0) is 25.4. The Labute approximate surface area is 218 Å². The molecule has 3 aliphatic rings. The molecule has 0 aromatic heterocycles. The number of hydrogen-bond acceptors (Lipinski definition) is 5. The smallest absolute Gasteiger partial charge is 0.348 e. The molecule has 5 heteroatoms. The van der Waals surface area contributed by atoms with Crippen LogP contribution in [0.15, 0.2) is 84.9 Å². The van der Waals surface area contributed by atoms with E-state index in [1.807, 2.05) is 30.3 Å². The average molecular weight is 496 g/mol. The molecule has 0 amide bonds. The van der Waals surface area contributed by atoms with Gasteiger partial charge in [-0.2, -0.15) is 0 Å². The maximum Gasteiger partial charge on any atom is 0.348 e. The van der Waals surface area contributed by atoms with E-state index in [0.29, 0.717) is 34.6 Å². The maximum absolute atomic E-state index is 13.8. The Bertz CT molecular complexity index is 1260. The standard InChI is InChI=1S/C32H33NO4/c1-33(20-10-9-13-22-11-3-2-4-12-22)27-21-23-18-19-24(27)30(23)37-31(34)32(35)25-14-5-7-16-28(25)36-29-17-8-6-15-26(29)32/h2-9,11-17,23-24,27,30,35H,10,18-21H2,1H3/b13-9+/t23?,24?,27-,30?/m1/s1. The van der Waals surface area contributed by atoms with Gasteiger partial charge in [0.1, 0.15) is 17.6 Å². The van der Waals surface area contributed by atoms with Crippen LogP contribution >= 0.6 is 0 Å². The predicted octanol–water partition coefficient (Wildman–Crippen LogP) is 5.77. The first-order valence-corrected chi connectivity index (χ1v) is 13.3. The van der Waals surface area contributed by atoms with Crippen LogP contribution in [0, 0.1) is 11.8 Å². The Morgan fingerprint density at radius 2 is 1.65 bits per heavy atom. The van der Waals surface area contributed by atoms with Crippen LogP contribution in [0.3, 0.4) is 0 Å². The third-order valence-corrected chi connectivity index (χ3v) is 8.43. The summed E-state index contributed by atoms with van der Waals surface area (Å²) in [5, 5.41) is 11.9. The molecule has 3 unspecified atom stereocenters. The summed E-state index contributed by atoms with van der Waals surface area (Å²) in [7, 11) is 2.18. The second-order valence-corrected chi connectivity index (χ2v) is 10.6. The van der Waals surface area contributed by atoms with Crippen LogP contribution in [0.5, 0.6) is 11.5 Å². The summed E-state index contributed by atoms with van der Waals surface area (Å²) in [5.41, 5.74) is 0.189. The molecule has 1 heterocycles. The molecule has 5 nitrogen and oxygen atoms in total. The van der Waals surface area contributed by atoms with Gasteiger partial charge in [0.05, 0.1) is 0 Å². The van der Waals surface area contributed by atoms with Gasteiger partial charge in [-0.25, -0.2) is 4.79 Å². The van der Waals surface area contributed by atoms with Gasteiger partial charge in [-0.15, -0.1) is 0 Å². The van der Waals surface area contributed by atoms with Gasteiger partial charge in [0.15, 0.2) is 0 Å². The molecule has 6 rings (SSSR count). The first-order valence-electron chi connectivity index (χ1n) is 13.3.